The highest BCUT2D eigenvalue weighted by atomic mass is 35.5. The number of methoxy groups -OCH3 is 2. The lowest BCUT2D eigenvalue weighted by molar-refractivity contribution is -0.142. The Morgan fingerprint density at radius 1 is 1.00 bits per heavy atom. The molecule has 1 atom stereocenters. The van der Waals surface area contributed by atoms with E-state index in [9.17, 15) is 9.59 Å². The van der Waals surface area contributed by atoms with Gasteiger partial charge >= 0.3 is 0 Å². The van der Waals surface area contributed by atoms with Gasteiger partial charge in [0.15, 0.2) is 6.61 Å². The molecule has 0 bridgehead atoms. The molecule has 2 rings (SSSR count). The fourth-order valence-electron chi connectivity index (χ4n) is 2.89. The van der Waals surface area contributed by atoms with Crippen LogP contribution < -0.4 is 19.5 Å². The SMILES string of the molecule is COc1cc(OC)cc(OCC(=O)N(Cc2ccccc2Cl)[C@@H](C)C(=O)NC(C)C)c1. The predicted octanol–water partition coefficient (Wildman–Crippen LogP) is 3.68. The first-order valence-corrected chi connectivity index (χ1v) is 10.3. The second-order valence-corrected chi connectivity index (χ2v) is 7.70. The van der Waals surface area contributed by atoms with E-state index >= 15 is 0 Å². The number of benzene rings is 2. The maximum absolute atomic E-state index is 13.1. The maximum Gasteiger partial charge on any atom is 0.261 e. The van der Waals surface area contributed by atoms with Gasteiger partial charge in [-0.15, -0.1) is 0 Å². The van der Waals surface area contributed by atoms with Gasteiger partial charge in [-0.05, 0) is 32.4 Å². The summed E-state index contributed by atoms with van der Waals surface area (Å²) in [7, 11) is 3.06. The second-order valence-electron chi connectivity index (χ2n) is 7.29. The number of hydrogen-bond donors (Lipinski definition) is 1. The van der Waals surface area contributed by atoms with Crippen molar-refractivity contribution in [1.29, 1.82) is 0 Å². The molecule has 0 spiro atoms. The van der Waals surface area contributed by atoms with Gasteiger partial charge in [0.2, 0.25) is 5.91 Å². The van der Waals surface area contributed by atoms with Gasteiger partial charge in [-0.1, -0.05) is 29.8 Å². The Morgan fingerprint density at radius 2 is 1.58 bits per heavy atom. The highest BCUT2D eigenvalue weighted by Crippen LogP contribution is 2.27. The van der Waals surface area contributed by atoms with Crippen molar-refractivity contribution >= 4 is 23.4 Å². The van der Waals surface area contributed by atoms with Crippen molar-refractivity contribution in [3.8, 4) is 17.2 Å². The third kappa shape index (κ3) is 7.07. The number of hydrogen-bond acceptors (Lipinski definition) is 5. The first-order chi connectivity index (χ1) is 14.7. The van der Waals surface area contributed by atoms with Gasteiger partial charge in [0.1, 0.15) is 23.3 Å². The molecule has 0 saturated carbocycles. The van der Waals surface area contributed by atoms with E-state index in [2.05, 4.69) is 5.32 Å². The molecule has 0 fully saturated rings. The lowest BCUT2D eigenvalue weighted by Crippen LogP contribution is -2.50. The summed E-state index contributed by atoms with van der Waals surface area (Å²) in [6, 6.07) is 11.5. The lowest BCUT2D eigenvalue weighted by Gasteiger charge is -2.29. The van der Waals surface area contributed by atoms with Gasteiger partial charge in [-0.3, -0.25) is 9.59 Å². The van der Waals surface area contributed by atoms with Crippen LogP contribution in [0.15, 0.2) is 42.5 Å². The fourth-order valence-corrected chi connectivity index (χ4v) is 3.09. The quantitative estimate of drug-likeness (QED) is 0.600. The van der Waals surface area contributed by atoms with E-state index < -0.39 is 6.04 Å². The number of ether oxygens (including phenoxy) is 3. The van der Waals surface area contributed by atoms with Crippen LogP contribution in [0.5, 0.6) is 17.2 Å². The molecular weight excluding hydrogens is 420 g/mol. The van der Waals surface area contributed by atoms with Crippen LogP contribution in [0, 0.1) is 0 Å². The minimum absolute atomic E-state index is 0.0484. The number of halogens is 1. The maximum atomic E-state index is 13.1. The van der Waals surface area contributed by atoms with E-state index in [-0.39, 0.29) is 31.0 Å². The van der Waals surface area contributed by atoms with E-state index in [1.807, 2.05) is 32.0 Å². The molecule has 7 nitrogen and oxygen atoms in total. The average molecular weight is 449 g/mol. The zero-order valence-corrected chi connectivity index (χ0v) is 19.2. The van der Waals surface area contributed by atoms with Crippen molar-refractivity contribution in [2.45, 2.75) is 39.4 Å². The van der Waals surface area contributed by atoms with Gasteiger partial charge < -0.3 is 24.4 Å². The van der Waals surface area contributed by atoms with Crippen molar-refractivity contribution in [3.05, 3.63) is 53.1 Å². The van der Waals surface area contributed by atoms with Crippen LogP contribution in [-0.2, 0) is 16.1 Å². The molecule has 0 aliphatic heterocycles. The largest absolute Gasteiger partial charge is 0.496 e. The van der Waals surface area contributed by atoms with Gasteiger partial charge in [0.05, 0.1) is 14.2 Å². The zero-order valence-electron chi connectivity index (χ0n) is 18.5. The molecule has 0 aromatic heterocycles. The summed E-state index contributed by atoms with van der Waals surface area (Å²) < 4.78 is 16.2. The normalized spacial score (nSPS) is 11.6. The van der Waals surface area contributed by atoms with Crippen molar-refractivity contribution in [1.82, 2.24) is 10.2 Å². The molecule has 2 amide bonds. The number of nitrogens with one attached hydrogen (secondary N) is 1. The van der Waals surface area contributed by atoms with Crippen LogP contribution in [0.2, 0.25) is 5.02 Å². The van der Waals surface area contributed by atoms with Gasteiger partial charge in [0.25, 0.3) is 5.91 Å². The fraction of sp³-hybridized carbons (Fsp3) is 0.391. The molecule has 0 aliphatic rings. The molecule has 0 unspecified atom stereocenters. The number of amides is 2. The molecule has 168 valence electrons. The van der Waals surface area contributed by atoms with Crippen LogP contribution in [0.25, 0.3) is 0 Å². The second kappa shape index (κ2) is 11.5. The molecule has 0 aliphatic carbocycles. The van der Waals surface area contributed by atoms with E-state index in [1.54, 1.807) is 31.2 Å². The molecular formula is C23H29ClN2O5. The van der Waals surface area contributed by atoms with Crippen LogP contribution >= 0.6 is 11.6 Å². The molecule has 0 heterocycles. The summed E-state index contributed by atoms with van der Waals surface area (Å²) in [6.07, 6.45) is 0. The summed E-state index contributed by atoms with van der Waals surface area (Å²) >= 11 is 6.28. The van der Waals surface area contributed by atoms with Crippen molar-refractivity contribution < 1.29 is 23.8 Å². The van der Waals surface area contributed by atoms with Crippen molar-refractivity contribution in [2.75, 3.05) is 20.8 Å². The molecule has 2 aromatic carbocycles. The first kappa shape index (κ1) is 24.3. The molecule has 0 radical (unpaired) electrons. The highest BCUT2D eigenvalue weighted by molar-refractivity contribution is 6.31. The molecule has 0 saturated heterocycles. The number of nitrogens with zero attached hydrogens (tertiary/aromatic N) is 1. The summed E-state index contributed by atoms with van der Waals surface area (Å²) in [4.78, 5) is 27.1. The Hall–Kier alpha value is -2.93. The molecule has 1 N–H and O–H groups in total. The summed E-state index contributed by atoms with van der Waals surface area (Å²) in [5, 5.41) is 3.37. The number of carbonyl (C=O) groups is 2. The highest BCUT2D eigenvalue weighted by Gasteiger charge is 2.27. The third-order valence-corrected chi connectivity index (χ3v) is 4.95. The first-order valence-electron chi connectivity index (χ1n) is 9.94. The van der Waals surface area contributed by atoms with E-state index in [1.165, 1.54) is 19.1 Å². The molecule has 8 heteroatoms. The third-order valence-electron chi connectivity index (χ3n) is 4.58. The lowest BCUT2D eigenvalue weighted by atomic mass is 10.1. The summed E-state index contributed by atoms with van der Waals surface area (Å²) in [5.41, 5.74) is 0.741. The van der Waals surface area contributed by atoms with Crippen LogP contribution in [-0.4, -0.2) is 49.6 Å². The standard InChI is InChI=1S/C23H29ClN2O5/c1-15(2)25-23(28)16(3)26(13-17-8-6-7-9-21(17)24)22(27)14-31-20-11-18(29-4)10-19(12-20)30-5/h6-12,15-16H,13-14H2,1-5H3,(H,25,28)/t16-/m0/s1. The van der Waals surface area contributed by atoms with Crippen LogP contribution in [0.1, 0.15) is 26.3 Å². The Morgan fingerprint density at radius 3 is 2.13 bits per heavy atom. The topological polar surface area (TPSA) is 77.1 Å². The smallest absolute Gasteiger partial charge is 0.261 e. The zero-order chi connectivity index (χ0) is 23.0. The number of rotatable bonds is 10. The van der Waals surface area contributed by atoms with E-state index in [0.29, 0.717) is 22.3 Å². The number of carbonyl (C=O) groups excluding carboxylic acids is 2. The van der Waals surface area contributed by atoms with Gasteiger partial charge in [-0.25, -0.2) is 0 Å². The summed E-state index contributed by atoms with van der Waals surface area (Å²) in [6.45, 7) is 5.32. The van der Waals surface area contributed by atoms with Gasteiger partial charge in [0, 0.05) is 35.8 Å². The molecule has 2 aromatic rings. The van der Waals surface area contributed by atoms with E-state index in [4.69, 9.17) is 25.8 Å². The predicted molar refractivity (Wildman–Crippen MR) is 120 cm³/mol. The van der Waals surface area contributed by atoms with Crippen molar-refractivity contribution in [2.24, 2.45) is 0 Å². The summed E-state index contributed by atoms with van der Waals surface area (Å²) in [5.74, 6) is 0.895. The van der Waals surface area contributed by atoms with Crippen LogP contribution in [0.3, 0.4) is 0 Å². The monoisotopic (exact) mass is 448 g/mol. The van der Waals surface area contributed by atoms with Crippen molar-refractivity contribution in [3.63, 3.8) is 0 Å². The van der Waals surface area contributed by atoms with Gasteiger partial charge in [-0.2, -0.15) is 0 Å². The van der Waals surface area contributed by atoms with E-state index in [0.717, 1.165) is 5.56 Å². The Labute approximate surface area is 188 Å². The molecule has 31 heavy (non-hydrogen) atoms. The Kier molecular flexibility index (Phi) is 9.00. The Balaban J connectivity index is 2.21. The Bertz CT molecular complexity index is 881. The van der Waals surface area contributed by atoms with Crippen LogP contribution in [0.4, 0.5) is 0 Å². The minimum Gasteiger partial charge on any atom is -0.496 e. The average Bonchev–Trinajstić information content (AvgIpc) is 2.75. The minimum atomic E-state index is -0.713.